The first-order chi connectivity index (χ1) is 10.4. The number of benzene rings is 1. The molecular weight excluding hydrogens is 276 g/mol. The zero-order valence-electron chi connectivity index (χ0n) is 13.5. The van der Waals surface area contributed by atoms with Crippen molar-refractivity contribution in [1.29, 1.82) is 0 Å². The first kappa shape index (κ1) is 16.5. The number of carbonyl (C=O) groups is 1. The molecule has 1 aliphatic rings. The molecule has 0 amide bonds. The first-order valence-electron chi connectivity index (χ1n) is 7.74. The topological polar surface area (TPSA) is 46.5 Å². The number of ether oxygens (including phenoxy) is 1. The lowest BCUT2D eigenvalue weighted by Crippen LogP contribution is -2.23. The maximum atomic E-state index is 11.8. The number of aliphatic hydroxyl groups is 1. The third-order valence-corrected chi connectivity index (χ3v) is 3.54. The van der Waals surface area contributed by atoms with Gasteiger partial charge in [-0.2, -0.15) is 0 Å². The van der Waals surface area contributed by atoms with Crippen LogP contribution in [0.2, 0.25) is 0 Å². The molecule has 1 aromatic carbocycles. The normalized spacial score (nSPS) is 19.5. The van der Waals surface area contributed by atoms with Crippen molar-refractivity contribution in [1.82, 2.24) is 0 Å². The van der Waals surface area contributed by atoms with Crippen molar-refractivity contribution in [2.75, 3.05) is 0 Å². The monoisotopic (exact) mass is 300 g/mol. The Balaban J connectivity index is 2.27. The maximum absolute atomic E-state index is 11.8. The first-order valence-corrected chi connectivity index (χ1v) is 7.74. The summed E-state index contributed by atoms with van der Waals surface area (Å²) in [6, 6.07) is 10.0. The van der Waals surface area contributed by atoms with Crippen LogP contribution in [0.1, 0.15) is 45.6 Å². The fraction of sp³-hybridized carbons (Fsp3) is 0.421. The van der Waals surface area contributed by atoms with E-state index in [1.807, 2.05) is 51.1 Å². The molecule has 0 spiro atoms. The number of aliphatic hydroxyl groups excluding tert-OH is 1. The highest BCUT2D eigenvalue weighted by Gasteiger charge is 2.21. The molecule has 3 nitrogen and oxygen atoms in total. The molecule has 3 heteroatoms. The van der Waals surface area contributed by atoms with Crippen LogP contribution in [-0.2, 0) is 9.53 Å². The second-order valence-corrected chi connectivity index (χ2v) is 6.57. The quantitative estimate of drug-likeness (QED) is 0.680. The molecule has 1 atom stereocenters. The Morgan fingerprint density at radius 3 is 2.59 bits per heavy atom. The van der Waals surface area contributed by atoms with Crippen LogP contribution in [0.3, 0.4) is 0 Å². The summed E-state index contributed by atoms with van der Waals surface area (Å²) < 4.78 is 5.27. The van der Waals surface area contributed by atoms with Crippen LogP contribution in [0.5, 0.6) is 0 Å². The van der Waals surface area contributed by atoms with Gasteiger partial charge in [0.2, 0.25) is 0 Å². The lowest BCUT2D eigenvalue weighted by Gasteiger charge is -2.24. The minimum atomic E-state index is -0.525. The fourth-order valence-corrected chi connectivity index (χ4v) is 2.63. The predicted molar refractivity (Wildman–Crippen MR) is 88.2 cm³/mol. The number of hydrogen-bond donors (Lipinski definition) is 1. The van der Waals surface area contributed by atoms with Crippen LogP contribution >= 0.6 is 0 Å². The molecule has 1 aromatic rings. The standard InChI is InChI=1S/C19H24O3/c1-19(2,3)22-18(21)13-12-16-15(10-7-11-17(16)20)14-8-5-4-6-9-14/h4-6,8-9,12-13,17,20H,7,10-11H2,1-3H3/b13-12+/t17-/m1/s1. The molecule has 0 heterocycles. The van der Waals surface area contributed by atoms with Gasteiger partial charge in [0.1, 0.15) is 5.60 Å². The van der Waals surface area contributed by atoms with Crippen molar-refractivity contribution in [2.24, 2.45) is 0 Å². The maximum Gasteiger partial charge on any atom is 0.331 e. The third kappa shape index (κ3) is 4.57. The minimum Gasteiger partial charge on any atom is -0.457 e. The highest BCUT2D eigenvalue weighted by molar-refractivity contribution is 5.84. The fourth-order valence-electron chi connectivity index (χ4n) is 2.63. The van der Waals surface area contributed by atoms with Gasteiger partial charge in [-0.1, -0.05) is 30.3 Å². The number of carbonyl (C=O) groups excluding carboxylic acids is 1. The number of allylic oxidation sites excluding steroid dienone is 1. The van der Waals surface area contributed by atoms with Crippen molar-refractivity contribution < 1.29 is 14.6 Å². The largest absolute Gasteiger partial charge is 0.457 e. The van der Waals surface area contributed by atoms with Gasteiger partial charge in [0.15, 0.2) is 0 Å². The van der Waals surface area contributed by atoms with Gasteiger partial charge in [-0.05, 0) is 62.8 Å². The van der Waals surface area contributed by atoms with E-state index in [9.17, 15) is 9.90 Å². The van der Waals surface area contributed by atoms with Crippen LogP contribution in [-0.4, -0.2) is 22.8 Å². The predicted octanol–water partition coefficient (Wildman–Crippen LogP) is 3.88. The molecule has 0 bridgehead atoms. The van der Waals surface area contributed by atoms with Gasteiger partial charge in [0.05, 0.1) is 6.10 Å². The smallest absolute Gasteiger partial charge is 0.331 e. The average Bonchev–Trinajstić information content (AvgIpc) is 2.45. The third-order valence-electron chi connectivity index (χ3n) is 3.54. The highest BCUT2D eigenvalue weighted by Crippen LogP contribution is 2.33. The number of esters is 1. The molecule has 22 heavy (non-hydrogen) atoms. The Labute approximate surface area is 132 Å². The zero-order chi connectivity index (χ0) is 16.2. The van der Waals surface area contributed by atoms with Crippen molar-refractivity contribution in [3.05, 3.63) is 53.6 Å². The van der Waals surface area contributed by atoms with Crippen LogP contribution in [0.25, 0.3) is 5.57 Å². The Morgan fingerprint density at radius 1 is 1.27 bits per heavy atom. The van der Waals surface area contributed by atoms with E-state index in [2.05, 4.69) is 0 Å². The van der Waals surface area contributed by atoms with Gasteiger partial charge < -0.3 is 9.84 Å². The molecule has 0 aliphatic heterocycles. The van der Waals surface area contributed by atoms with Crippen LogP contribution < -0.4 is 0 Å². The van der Waals surface area contributed by atoms with Crippen LogP contribution in [0, 0.1) is 0 Å². The van der Waals surface area contributed by atoms with Gasteiger partial charge >= 0.3 is 5.97 Å². The highest BCUT2D eigenvalue weighted by atomic mass is 16.6. The molecule has 0 radical (unpaired) electrons. The van der Waals surface area contributed by atoms with E-state index in [0.717, 1.165) is 36.0 Å². The van der Waals surface area contributed by atoms with Gasteiger partial charge in [-0.25, -0.2) is 4.79 Å². The molecule has 1 aliphatic carbocycles. The Morgan fingerprint density at radius 2 is 1.95 bits per heavy atom. The van der Waals surface area contributed by atoms with E-state index < -0.39 is 11.7 Å². The summed E-state index contributed by atoms with van der Waals surface area (Å²) in [6.07, 6.45) is 5.19. The summed E-state index contributed by atoms with van der Waals surface area (Å²) in [5.41, 5.74) is 2.52. The van der Waals surface area contributed by atoms with Crippen molar-refractivity contribution in [3.63, 3.8) is 0 Å². The van der Waals surface area contributed by atoms with E-state index in [1.54, 1.807) is 6.08 Å². The van der Waals surface area contributed by atoms with Gasteiger partial charge in [0.25, 0.3) is 0 Å². The van der Waals surface area contributed by atoms with E-state index >= 15 is 0 Å². The summed E-state index contributed by atoms with van der Waals surface area (Å²) in [5, 5.41) is 10.3. The van der Waals surface area contributed by atoms with Crippen LogP contribution in [0.4, 0.5) is 0 Å². The van der Waals surface area contributed by atoms with Gasteiger partial charge in [0, 0.05) is 6.08 Å². The summed E-state index contributed by atoms with van der Waals surface area (Å²) in [6.45, 7) is 5.51. The second-order valence-electron chi connectivity index (χ2n) is 6.57. The summed E-state index contributed by atoms with van der Waals surface area (Å²) in [4.78, 5) is 11.8. The van der Waals surface area contributed by atoms with Crippen LogP contribution in [0.15, 0.2) is 48.1 Å². The van der Waals surface area contributed by atoms with Gasteiger partial charge in [-0.3, -0.25) is 0 Å². The Kier molecular flexibility index (Phi) is 5.19. The van der Waals surface area contributed by atoms with E-state index in [-0.39, 0.29) is 5.97 Å². The lowest BCUT2D eigenvalue weighted by molar-refractivity contribution is -0.148. The molecule has 118 valence electrons. The molecule has 0 fully saturated rings. The van der Waals surface area contributed by atoms with E-state index in [4.69, 9.17) is 4.74 Å². The van der Waals surface area contributed by atoms with Crippen molar-refractivity contribution in [3.8, 4) is 0 Å². The number of rotatable bonds is 3. The van der Waals surface area contributed by atoms with E-state index in [0.29, 0.717) is 0 Å². The van der Waals surface area contributed by atoms with Gasteiger partial charge in [-0.15, -0.1) is 0 Å². The minimum absolute atomic E-state index is 0.384. The Hall–Kier alpha value is -1.87. The summed E-state index contributed by atoms with van der Waals surface area (Å²) in [7, 11) is 0. The molecule has 0 saturated heterocycles. The summed E-state index contributed by atoms with van der Waals surface area (Å²) >= 11 is 0. The average molecular weight is 300 g/mol. The molecule has 2 rings (SSSR count). The zero-order valence-corrected chi connectivity index (χ0v) is 13.5. The second kappa shape index (κ2) is 6.93. The number of hydrogen-bond acceptors (Lipinski definition) is 3. The van der Waals surface area contributed by atoms with Crippen molar-refractivity contribution in [2.45, 2.75) is 51.7 Å². The molecule has 0 unspecified atom stereocenters. The SMILES string of the molecule is CC(C)(C)OC(=O)/C=C/C1=C(c2ccccc2)CCC[C@H]1O. The molecule has 1 N–H and O–H groups in total. The molecule has 0 aromatic heterocycles. The summed E-state index contributed by atoms with van der Waals surface area (Å²) in [5.74, 6) is -0.384. The molecule has 0 saturated carbocycles. The van der Waals surface area contributed by atoms with E-state index in [1.165, 1.54) is 6.08 Å². The Bertz CT molecular complexity index is 576. The lowest BCUT2D eigenvalue weighted by atomic mass is 9.85. The molecular formula is C19H24O3. The van der Waals surface area contributed by atoms with Crippen molar-refractivity contribution >= 4 is 11.5 Å².